The van der Waals surface area contributed by atoms with Gasteiger partial charge in [-0.2, -0.15) is 0 Å². The van der Waals surface area contributed by atoms with E-state index in [1.165, 1.54) is 24.1 Å². The van der Waals surface area contributed by atoms with Crippen molar-refractivity contribution in [3.05, 3.63) is 29.8 Å². The Morgan fingerprint density at radius 3 is 2.62 bits per heavy atom. The molecule has 90 valence electrons. The van der Waals surface area contributed by atoms with Crippen molar-refractivity contribution in [2.24, 2.45) is 5.73 Å². The first-order valence-electron chi connectivity index (χ1n) is 6.19. The van der Waals surface area contributed by atoms with Gasteiger partial charge in [-0.25, -0.2) is 0 Å². The molecule has 2 nitrogen and oxygen atoms in total. The third kappa shape index (κ3) is 3.86. The van der Waals surface area contributed by atoms with Crippen LogP contribution in [0.2, 0.25) is 0 Å². The van der Waals surface area contributed by atoms with Crippen molar-refractivity contribution in [3.63, 3.8) is 0 Å². The van der Waals surface area contributed by atoms with Crippen molar-refractivity contribution in [1.82, 2.24) is 0 Å². The summed E-state index contributed by atoms with van der Waals surface area (Å²) in [6, 6.07) is 8.78. The average molecular weight is 220 g/mol. The van der Waals surface area contributed by atoms with E-state index in [2.05, 4.69) is 50.1 Å². The summed E-state index contributed by atoms with van der Waals surface area (Å²) in [6.07, 6.45) is 3.43. The summed E-state index contributed by atoms with van der Waals surface area (Å²) in [5, 5.41) is 0. The highest BCUT2D eigenvalue weighted by atomic mass is 15.1. The minimum absolute atomic E-state index is 0.223. The SMILES string of the molecule is CCCCN(C)c1ccccc1CC(C)N. The molecule has 16 heavy (non-hydrogen) atoms. The second-order valence-corrected chi connectivity index (χ2v) is 4.59. The largest absolute Gasteiger partial charge is 0.374 e. The highest BCUT2D eigenvalue weighted by molar-refractivity contribution is 5.53. The molecule has 1 aromatic carbocycles. The van der Waals surface area contributed by atoms with Crippen LogP contribution in [0.25, 0.3) is 0 Å². The molecule has 0 aliphatic carbocycles. The zero-order valence-electron chi connectivity index (χ0n) is 10.7. The number of benzene rings is 1. The van der Waals surface area contributed by atoms with Gasteiger partial charge in [0.25, 0.3) is 0 Å². The lowest BCUT2D eigenvalue weighted by atomic mass is 10.0. The lowest BCUT2D eigenvalue weighted by molar-refractivity contribution is 0.726. The lowest BCUT2D eigenvalue weighted by Crippen LogP contribution is -2.23. The van der Waals surface area contributed by atoms with Crippen LogP contribution in [0, 0.1) is 0 Å². The summed E-state index contributed by atoms with van der Waals surface area (Å²) in [6.45, 7) is 5.40. The molecule has 1 aromatic rings. The molecule has 1 rings (SSSR count). The fraction of sp³-hybridized carbons (Fsp3) is 0.571. The van der Waals surface area contributed by atoms with Crippen molar-refractivity contribution in [3.8, 4) is 0 Å². The maximum absolute atomic E-state index is 5.88. The van der Waals surface area contributed by atoms with E-state index in [1.807, 2.05) is 0 Å². The van der Waals surface area contributed by atoms with Crippen molar-refractivity contribution < 1.29 is 0 Å². The first-order valence-corrected chi connectivity index (χ1v) is 6.19. The maximum Gasteiger partial charge on any atom is 0.0396 e. The quantitative estimate of drug-likeness (QED) is 0.798. The molecule has 0 radical (unpaired) electrons. The van der Waals surface area contributed by atoms with Gasteiger partial charge in [0.1, 0.15) is 0 Å². The Balaban J connectivity index is 2.76. The van der Waals surface area contributed by atoms with Crippen LogP contribution in [0.3, 0.4) is 0 Å². The predicted octanol–water partition coefficient (Wildman–Crippen LogP) is 2.81. The van der Waals surface area contributed by atoms with Crippen LogP contribution in [0.15, 0.2) is 24.3 Å². The molecule has 0 fully saturated rings. The molecule has 2 heteroatoms. The van der Waals surface area contributed by atoms with Crippen LogP contribution in [0.5, 0.6) is 0 Å². The maximum atomic E-state index is 5.88. The Labute approximate surface area is 99.5 Å². The minimum atomic E-state index is 0.223. The van der Waals surface area contributed by atoms with Crippen LogP contribution in [0.1, 0.15) is 32.3 Å². The molecule has 0 bridgehead atoms. The average Bonchev–Trinajstić information content (AvgIpc) is 2.26. The fourth-order valence-electron chi connectivity index (χ4n) is 1.92. The Kier molecular flexibility index (Phi) is 5.33. The Bertz CT molecular complexity index is 307. The van der Waals surface area contributed by atoms with Crippen molar-refractivity contribution in [1.29, 1.82) is 0 Å². The molecule has 0 heterocycles. The third-order valence-corrected chi connectivity index (χ3v) is 2.79. The second-order valence-electron chi connectivity index (χ2n) is 4.59. The number of nitrogens with two attached hydrogens (primary N) is 1. The lowest BCUT2D eigenvalue weighted by Gasteiger charge is -2.23. The predicted molar refractivity (Wildman–Crippen MR) is 72.0 cm³/mol. The van der Waals surface area contributed by atoms with E-state index in [0.29, 0.717) is 0 Å². The molecule has 0 spiro atoms. The van der Waals surface area contributed by atoms with Gasteiger partial charge < -0.3 is 10.6 Å². The molecule has 0 aliphatic heterocycles. The first kappa shape index (κ1) is 13.0. The topological polar surface area (TPSA) is 29.3 Å². The van der Waals surface area contributed by atoms with Gasteiger partial charge in [0.05, 0.1) is 0 Å². The zero-order valence-corrected chi connectivity index (χ0v) is 10.7. The normalized spacial score (nSPS) is 12.5. The molecule has 0 amide bonds. The molecule has 0 saturated heterocycles. The van der Waals surface area contributed by atoms with Gasteiger partial charge >= 0.3 is 0 Å². The molecule has 1 atom stereocenters. The van der Waals surface area contributed by atoms with Crippen molar-refractivity contribution in [2.45, 2.75) is 39.2 Å². The highest BCUT2D eigenvalue weighted by Crippen LogP contribution is 2.20. The van der Waals surface area contributed by atoms with Crippen LogP contribution in [-0.4, -0.2) is 19.6 Å². The van der Waals surface area contributed by atoms with Crippen molar-refractivity contribution in [2.75, 3.05) is 18.5 Å². The summed E-state index contributed by atoms with van der Waals surface area (Å²) in [4.78, 5) is 2.33. The van der Waals surface area contributed by atoms with Gasteiger partial charge in [0.15, 0.2) is 0 Å². The van der Waals surface area contributed by atoms with E-state index in [-0.39, 0.29) is 6.04 Å². The zero-order chi connectivity index (χ0) is 12.0. The van der Waals surface area contributed by atoms with E-state index in [9.17, 15) is 0 Å². The summed E-state index contributed by atoms with van der Waals surface area (Å²) in [5.41, 5.74) is 8.56. The summed E-state index contributed by atoms with van der Waals surface area (Å²) in [5.74, 6) is 0. The van der Waals surface area contributed by atoms with Gasteiger partial charge in [-0.3, -0.25) is 0 Å². The Hall–Kier alpha value is -1.02. The molecule has 0 aliphatic rings. The number of anilines is 1. The second kappa shape index (κ2) is 6.54. The van der Waals surface area contributed by atoms with Gasteiger partial charge in [0.2, 0.25) is 0 Å². The Morgan fingerprint density at radius 1 is 1.31 bits per heavy atom. The van der Waals surface area contributed by atoms with Crippen LogP contribution in [-0.2, 0) is 6.42 Å². The third-order valence-electron chi connectivity index (χ3n) is 2.79. The molecule has 2 N–H and O–H groups in total. The van der Waals surface area contributed by atoms with E-state index in [0.717, 1.165) is 13.0 Å². The minimum Gasteiger partial charge on any atom is -0.374 e. The molecular formula is C14H24N2. The summed E-state index contributed by atoms with van der Waals surface area (Å²) < 4.78 is 0. The highest BCUT2D eigenvalue weighted by Gasteiger charge is 2.07. The number of rotatable bonds is 6. The van der Waals surface area contributed by atoms with Gasteiger partial charge in [-0.05, 0) is 31.4 Å². The summed E-state index contributed by atoms with van der Waals surface area (Å²) in [7, 11) is 2.16. The van der Waals surface area contributed by atoms with Gasteiger partial charge in [-0.1, -0.05) is 31.5 Å². The van der Waals surface area contributed by atoms with Gasteiger partial charge in [-0.15, -0.1) is 0 Å². The molecule has 0 saturated carbocycles. The van der Waals surface area contributed by atoms with Crippen LogP contribution < -0.4 is 10.6 Å². The first-order chi connectivity index (χ1) is 7.65. The molecule has 1 unspecified atom stereocenters. The molecular weight excluding hydrogens is 196 g/mol. The number of nitrogens with zero attached hydrogens (tertiary/aromatic N) is 1. The number of unbranched alkanes of at least 4 members (excludes halogenated alkanes) is 1. The monoisotopic (exact) mass is 220 g/mol. The number of hydrogen-bond acceptors (Lipinski definition) is 2. The van der Waals surface area contributed by atoms with Crippen LogP contribution in [0.4, 0.5) is 5.69 Å². The van der Waals surface area contributed by atoms with Crippen molar-refractivity contribution >= 4 is 5.69 Å². The Morgan fingerprint density at radius 2 is 2.00 bits per heavy atom. The van der Waals surface area contributed by atoms with E-state index >= 15 is 0 Å². The summed E-state index contributed by atoms with van der Waals surface area (Å²) >= 11 is 0. The fourth-order valence-corrected chi connectivity index (χ4v) is 1.92. The van der Waals surface area contributed by atoms with Gasteiger partial charge in [0, 0.05) is 25.3 Å². The standard InChI is InChI=1S/C14H24N2/c1-4-5-10-16(3)14-9-7-6-8-13(14)11-12(2)15/h6-9,12H,4-5,10-11,15H2,1-3H3. The molecule has 0 aromatic heterocycles. The van der Waals surface area contributed by atoms with E-state index < -0.39 is 0 Å². The smallest absolute Gasteiger partial charge is 0.0396 e. The van der Waals surface area contributed by atoms with Crippen LogP contribution >= 0.6 is 0 Å². The number of hydrogen-bond donors (Lipinski definition) is 1. The van der Waals surface area contributed by atoms with E-state index in [4.69, 9.17) is 5.73 Å². The number of para-hydroxylation sites is 1. The van der Waals surface area contributed by atoms with E-state index in [1.54, 1.807) is 0 Å².